The van der Waals surface area contributed by atoms with Crippen molar-refractivity contribution in [1.29, 1.82) is 0 Å². The molecule has 1 rings (SSSR count). The SMILES string of the molecule is [Cl-].[Cl-].[HH].[Sn+2].[c]1ccccc1. The molecule has 0 fully saturated rings. The Kier molecular flexibility index (Phi) is 20.6. The average Bonchev–Trinajstić information content (AvgIpc) is 1.72. The molecule has 0 bridgehead atoms. The molecule has 0 atom stereocenters. The summed E-state index contributed by atoms with van der Waals surface area (Å²) in [5.41, 5.74) is 0. The van der Waals surface area contributed by atoms with Gasteiger partial charge in [0.1, 0.15) is 0 Å². The Balaban J connectivity index is -0.0000000450. The molecule has 0 aliphatic carbocycles. The third-order valence-electron chi connectivity index (χ3n) is 0.607. The molecular formula is C6H7Cl2Sn. The standard InChI is InChI=1S/C6H5.2ClH.Sn.H2/c1-2-4-6-5-3-1;;;;/h1-5H;2*1H;;1H/q;;;+2;/p-2. The van der Waals surface area contributed by atoms with Crippen molar-refractivity contribution < 1.29 is 26.2 Å². The van der Waals surface area contributed by atoms with Crippen LogP contribution in [0.2, 0.25) is 0 Å². The van der Waals surface area contributed by atoms with Crippen molar-refractivity contribution >= 4 is 23.9 Å². The first-order valence-electron chi connectivity index (χ1n) is 1.91. The molecule has 0 nitrogen and oxygen atoms in total. The smallest absolute Gasteiger partial charge is 1.00 e. The van der Waals surface area contributed by atoms with E-state index in [1.807, 2.05) is 30.3 Å². The molecule has 0 saturated carbocycles. The zero-order chi connectivity index (χ0) is 4.24. The van der Waals surface area contributed by atoms with Crippen LogP contribution in [0, 0.1) is 6.07 Å². The van der Waals surface area contributed by atoms with E-state index in [4.69, 9.17) is 0 Å². The first-order valence-corrected chi connectivity index (χ1v) is 1.91. The molecule has 0 spiro atoms. The molecule has 3 heteroatoms. The predicted octanol–water partition coefficient (Wildman–Crippen LogP) is -4.64. The molecule has 1 aromatic rings. The van der Waals surface area contributed by atoms with Crippen LogP contribution in [0.4, 0.5) is 0 Å². The van der Waals surface area contributed by atoms with E-state index in [0.717, 1.165) is 0 Å². The summed E-state index contributed by atoms with van der Waals surface area (Å²) >= 11 is 0. The fourth-order valence-corrected chi connectivity index (χ4v) is 0.342. The molecular weight excluding hydrogens is 262 g/mol. The van der Waals surface area contributed by atoms with Gasteiger partial charge in [-0.05, 0) is 6.07 Å². The van der Waals surface area contributed by atoms with Crippen molar-refractivity contribution in [2.75, 3.05) is 0 Å². The van der Waals surface area contributed by atoms with Gasteiger partial charge in [0.15, 0.2) is 0 Å². The number of rotatable bonds is 0. The monoisotopic (exact) mass is 269 g/mol. The second kappa shape index (κ2) is 11.4. The molecule has 0 heterocycles. The zero-order valence-corrected chi connectivity index (χ0v) is 9.01. The van der Waals surface area contributed by atoms with Crippen LogP contribution in [-0.2, 0) is 0 Å². The third kappa shape index (κ3) is 8.60. The van der Waals surface area contributed by atoms with E-state index in [2.05, 4.69) is 6.07 Å². The molecule has 0 N–H and O–H groups in total. The van der Waals surface area contributed by atoms with Gasteiger partial charge in [0.2, 0.25) is 0 Å². The van der Waals surface area contributed by atoms with E-state index in [9.17, 15) is 0 Å². The Morgan fingerprint density at radius 3 is 1.44 bits per heavy atom. The number of hydrogen-bond donors (Lipinski definition) is 0. The zero-order valence-electron chi connectivity index (χ0n) is 4.64. The first-order chi connectivity index (χ1) is 3.00. The Hall–Kier alpha value is 0.599. The maximum Gasteiger partial charge on any atom is 2.00 e. The summed E-state index contributed by atoms with van der Waals surface area (Å²) in [6.45, 7) is 0. The van der Waals surface area contributed by atoms with Gasteiger partial charge in [-0.2, -0.15) is 0 Å². The largest absolute Gasteiger partial charge is 2.00 e. The van der Waals surface area contributed by atoms with Crippen molar-refractivity contribution in [1.82, 2.24) is 0 Å². The van der Waals surface area contributed by atoms with Crippen LogP contribution in [0.25, 0.3) is 0 Å². The molecule has 0 saturated heterocycles. The van der Waals surface area contributed by atoms with Crippen LogP contribution in [0.15, 0.2) is 30.3 Å². The van der Waals surface area contributed by atoms with Gasteiger partial charge in [0, 0.05) is 1.43 Å². The van der Waals surface area contributed by atoms with Gasteiger partial charge < -0.3 is 24.8 Å². The molecule has 9 heavy (non-hydrogen) atoms. The summed E-state index contributed by atoms with van der Waals surface area (Å²) < 4.78 is 0. The van der Waals surface area contributed by atoms with Gasteiger partial charge >= 0.3 is 23.9 Å². The number of benzene rings is 1. The molecule has 3 radical (unpaired) electrons. The van der Waals surface area contributed by atoms with Gasteiger partial charge in [0.05, 0.1) is 0 Å². The maximum absolute atomic E-state index is 2.89. The van der Waals surface area contributed by atoms with E-state index in [1.165, 1.54) is 0 Å². The molecule has 0 aromatic heterocycles. The third-order valence-corrected chi connectivity index (χ3v) is 0.607. The van der Waals surface area contributed by atoms with Crippen LogP contribution in [-0.4, -0.2) is 23.9 Å². The predicted molar refractivity (Wildman–Crippen MR) is 33.1 cm³/mol. The van der Waals surface area contributed by atoms with Crippen LogP contribution in [0.5, 0.6) is 0 Å². The molecule has 0 amide bonds. The van der Waals surface area contributed by atoms with Crippen LogP contribution in [0.1, 0.15) is 1.43 Å². The fourth-order valence-electron chi connectivity index (χ4n) is 0.342. The fraction of sp³-hybridized carbons (Fsp3) is 0. The number of halogens is 2. The normalized spacial score (nSPS) is 5.33. The average molecular weight is 269 g/mol. The summed E-state index contributed by atoms with van der Waals surface area (Å²) in [5, 5.41) is 0. The van der Waals surface area contributed by atoms with Crippen molar-refractivity contribution in [2.24, 2.45) is 0 Å². The minimum Gasteiger partial charge on any atom is -1.00 e. The second-order valence-corrected chi connectivity index (χ2v) is 1.08. The van der Waals surface area contributed by atoms with Gasteiger partial charge in [-0.15, -0.1) is 0 Å². The molecule has 1 aromatic carbocycles. The summed E-state index contributed by atoms with van der Waals surface area (Å²) in [4.78, 5) is 0. The number of hydrogen-bond acceptors (Lipinski definition) is 0. The van der Waals surface area contributed by atoms with E-state index in [0.29, 0.717) is 0 Å². The van der Waals surface area contributed by atoms with Gasteiger partial charge in [0.25, 0.3) is 0 Å². The van der Waals surface area contributed by atoms with E-state index < -0.39 is 0 Å². The summed E-state index contributed by atoms with van der Waals surface area (Å²) in [5.74, 6) is 0. The van der Waals surface area contributed by atoms with Crippen molar-refractivity contribution in [3.05, 3.63) is 36.4 Å². The van der Waals surface area contributed by atoms with E-state index in [-0.39, 0.29) is 50.1 Å². The molecule has 0 aliphatic rings. The van der Waals surface area contributed by atoms with Crippen molar-refractivity contribution in [2.45, 2.75) is 0 Å². The molecule has 0 aliphatic heterocycles. The molecule has 0 unspecified atom stereocenters. The Labute approximate surface area is 86.3 Å². The second-order valence-electron chi connectivity index (χ2n) is 1.08. The van der Waals surface area contributed by atoms with E-state index in [1.54, 1.807) is 0 Å². The maximum atomic E-state index is 2.89. The van der Waals surface area contributed by atoms with Crippen molar-refractivity contribution in [3.63, 3.8) is 0 Å². The quantitative estimate of drug-likeness (QED) is 0.415. The first kappa shape index (κ1) is 16.3. The van der Waals surface area contributed by atoms with Gasteiger partial charge in [-0.25, -0.2) is 0 Å². The van der Waals surface area contributed by atoms with Crippen LogP contribution in [0.3, 0.4) is 0 Å². The summed E-state index contributed by atoms with van der Waals surface area (Å²) in [6.07, 6.45) is 0. The van der Waals surface area contributed by atoms with Crippen LogP contribution < -0.4 is 24.8 Å². The van der Waals surface area contributed by atoms with Gasteiger partial charge in [-0.3, -0.25) is 0 Å². The van der Waals surface area contributed by atoms with Crippen molar-refractivity contribution in [3.8, 4) is 0 Å². The van der Waals surface area contributed by atoms with Crippen LogP contribution >= 0.6 is 0 Å². The Bertz CT molecular complexity index is 87.7. The molecule has 49 valence electrons. The minimum absolute atomic E-state index is 0. The minimum atomic E-state index is 0. The Morgan fingerprint density at radius 2 is 1.33 bits per heavy atom. The topological polar surface area (TPSA) is 0 Å². The van der Waals surface area contributed by atoms with Gasteiger partial charge in [-0.1, -0.05) is 30.3 Å². The Morgan fingerprint density at radius 1 is 0.889 bits per heavy atom. The summed E-state index contributed by atoms with van der Waals surface area (Å²) in [7, 11) is 0. The summed E-state index contributed by atoms with van der Waals surface area (Å²) in [6, 6.07) is 12.5. The van der Waals surface area contributed by atoms with E-state index >= 15 is 0 Å².